The lowest BCUT2D eigenvalue weighted by Crippen LogP contribution is -2.47. The first kappa shape index (κ1) is 10.2. The summed E-state index contributed by atoms with van der Waals surface area (Å²) in [5.41, 5.74) is 0.399. The van der Waals surface area contributed by atoms with Gasteiger partial charge in [0.1, 0.15) is 6.42 Å². The van der Waals surface area contributed by atoms with Gasteiger partial charge in [0, 0.05) is 16.9 Å². The van der Waals surface area contributed by atoms with Crippen molar-refractivity contribution in [2.24, 2.45) is 0 Å². The predicted octanol–water partition coefficient (Wildman–Crippen LogP) is 0.519. The van der Waals surface area contributed by atoms with E-state index < -0.39 is 0 Å². The lowest BCUT2D eigenvalue weighted by molar-refractivity contribution is -0.891. The molecule has 4 heteroatoms. The van der Waals surface area contributed by atoms with Crippen LogP contribution in [0.25, 0.3) is 0 Å². The second kappa shape index (κ2) is 4.97. The highest BCUT2D eigenvalue weighted by molar-refractivity contribution is 5.94. The van der Waals surface area contributed by atoms with Crippen molar-refractivity contribution in [3.05, 3.63) is 30.1 Å². The van der Waals surface area contributed by atoms with E-state index >= 15 is 0 Å². The fourth-order valence-electron chi connectivity index (χ4n) is 1.06. The van der Waals surface area contributed by atoms with E-state index in [-0.39, 0.29) is 12.2 Å². The number of hydrogen-bond acceptors (Lipinski definition) is 3. The highest BCUT2D eigenvalue weighted by atomic mass is 16.7. The van der Waals surface area contributed by atoms with Crippen LogP contribution in [0.2, 0.25) is 0 Å². The topological polar surface area (TPSA) is 54.0 Å². The van der Waals surface area contributed by atoms with Crippen LogP contribution in [0.1, 0.15) is 23.8 Å². The number of nitriles is 1. The van der Waals surface area contributed by atoms with Gasteiger partial charge in [-0.15, -0.1) is 0 Å². The summed E-state index contributed by atoms with van der Waals surface area (Å²) in [5, 5.41) is 8.40. The van der Waals surface area contributed by atoms with Crippen LogP contribution in [0.15, 0.2) is 24.4 Å². The van der Waals surface area contributed by atoms with Crippen molar-refractivity contribution < 1.29 is 14.4 Å². The number of carbonyl (C=O) groups excluding carboxylic acids is 1. The largest absolute Gasteiger partial charge is 0.301 e. The summed E-state index contributed by atoms with van der Waals surface area (Å²) < 4.78 is 1.39. The number of aromatic nitrogens is 1. The normalized spacial score (nSPS) is 9.14. The van der Waals surface area contributed by atoms with E-state index in [9.17, 15) is 4.79 Å². The smallest absolute Gasteiger partial charge is 0.286 e. The minimum absolute atomic E-state index is 0.128. The van der Waals surface area contributed by atoms with E-state index in [0.29, 0.717) is 12.3 Å². The maximum absolute atomic E-state index is 11.4. The van der Waals surface area contributed by atoms with Crippen molar-refractivity contribution in [1.82, 2.24) is 0 Å². The standard InChI is InChI=1S/C10H11N2O2/c1-2-14-12-8-4-3-5-9(12)10(13)6-7-11/h3-5,8H,2,6H2,1H3/q+1. The number of rotatable bonds is 4. The van der Waals surface area contributed by atoms with Crippen LogP contribution in [0.4, 0.5) is 0 Å². The van der Waals surface area contributed by atoms with Crippen molar-refractivity contribution in [3.8, 4) is 6.07 Å². The molecular weight excluding hydrogens is 180 g/mol. The third kappa shape index (κ3) is 2.30. The number of nitrogens with zero attached hydrogens (tertiary/aromatic N) is 2. The number of hydrogen-bond donors (Lipinski definition) is 0. The van der Waals surface area contributed by atoms with Crippen LogP contribution >= 0.6 is 0 Å². The van der Waals surface area contributed by atoms with E-state index in [0.717, 1.165) is 0 Å². The number of ketones is 1. The molecule has 0 atom stereocenters. The molecule has 0 aromatic carbocycles. The first-order chi connectivity index (χ1) is 6.79. The molecule has 0 radical (unpaired) electrons. The maximum atomic E-state index is 11.4. The van der Waals surface area contributed by atoms with Crippen LogP contribution in [0.5, 0.6) is 0 Å². The highest BCUT2D eigenvalue weighted by Gasteiger charge is 2.19. The Morgan fingerprint density at radius 3 is 3.07 bits per heavy atom. The van der Waals surface area contributed by atoms with Crippen molar-refractivity contribution in [3.63, 3.8) is 0 Å². The van der Waals surface area contributed by atoms with E-state index in [1.54, 1.807) is 24.4 Å². The lowest BCUT2D eigenvalue weighted by atomic mass is 10.2. The van der Waals surface area contributed by atoms with Gasteiger partial charge in [-0.1, -0.05) is 0 Å². The molecule has 0 saturated heterocycles. The fraction of sp³-hybridized carbons (Fsp3) is 0.300. The molecule has 72 valence electrons. The molecule has 1 rings (SSSR count). The Balaban J connectivity index is 2.95. The fourth-order valence-corrected chi connectivity index (χ4v) is 1.06. The third-order valence-electron chi connectivity index (χ3n) is 1.62. The van der Waals surface area contributed by atoms with Crippen LogP contribution in [0.3, 0.4) is 0 Å². The first-order valence-corrected chi connectivity index (χ1v) is 4.33. The average Bonchev–Trinajstić information content (AvgIpc) is 2.19. The Morgan fingerprint density at radius 1 is 1.64 bits per heavy atom. The summed E-state index contributed by atoms with van der Waals surface area (Å²) in [5.74, 6) is -0.235. The van der Waals surface area contributed by atoms with Gasteiger partial charge in [-0.2, -0.15) is 5.26 Å². The maximum Gasteiger partial charge on any atom is 0.301 e. The summed E-state index contributed by atoms with van der Waals surface area (Å²) in [6.07, 6.45) is 1.52. The molecule has 0 fully saturated rings. The van der Waals surface area contributed by atoms with Crippen LogP contribution in [-0.4, -0.2) is 12.4 Å². The zero-order chi connectivity index (χ0) is 10.4. The SMILES string of the molecule is CCO[n+]1ccccc1C(=O)CC#N. The average molecular weight is 191 g/mol. The minimum Gasteiger partial charge on any atom is -0.286 e. The summed E-state index contributed by atoms with van der Waals surface area (Å²) in [7, 11) is 0. The molecule has 1 heterocycles. The molecule has 0 spiro atoms. The number of carbonyl (C=O) groups is 1. The molecule has 0 saturated carbocycles. The Morgan fingerprint density at radius 2 is 2.43 bits per heavy atom. The predicted molar refractivity (Wildman–Crippen MR) is 48.3 cm³/mol. The molecule has 0 N–H and O–H groups in total. The van der Waals surface area contributed by atoms with Gasteiger partial charge in [-0.25, -0.2) is 0 Å². The molecule has 1 aromatic rings. The van der Waals surface area contributed by atoms with Crippen molar-refractivity contribution in [2.45, 2.75) is 13.3 Å². The molecule has 4 nitrogen and oxygen atoms in total. The molecule has 1 aromatic heterocycles. The van der Waals surface area contributed by atoms with Crippen molar-refractivity contribution in [1.29, 1.82) is 5.26 Å². The van der Waals surface area contributed by atoms with Crippen LogP contribution in [0, 0.1) is 11.3 Å². The van der Waals surface area contributed by atoms with E-state index in [1.165, 1.54) is 4.73 Å². The summed E-state index contributed by atoms with van der Waals surface area (Å²) in [6.45, 7) is 2.31. The van der Waals surface area contributed by atoms with E-state index in [1.807, 2.05) is 13.0 Å². The lowest BCUT2D eigenvalue weighted by Gasteiger charge is -1.97. The molecule has 0 aliphatic carbocycles. The van der Waals surface area contributed by atoms with Gasteiger partial charge in [-0.3, -0.25) is 9.63 Å². The monoisotopic (exact) mass is 191 g/mol. The van der Waals surface area contributed by atoms with Crippen LogP contribution in [-0.2, 0) is 0 Å². The first-order valence-electron chi connectivity index (χ1n) is 4.33. The van der Waals surface area contributed by atoms with E-state index in [2.05, 4.69) is 0 Å². The molecule has 0 aliphatic heterocycles. The van der Waals surface area contributed by atoms with Gasteiger partial charge < -0.3 is 0 Å². The van der Waals surface area contributed by atoms with E-state index in [4.69, 9.17) is 10.1 Å². The molecule has 0 aliphatic rings. The molecule has 0 amide bonds. The van der Waals surface area contributed by atoms with Gasteiger partial charge in [-0.05, 0) is 13.0 Å². The van der Waals surface area contributed by atoms with Gasteiger partial charge in [0.05, 0.1) is 6.07 Å². The van der Waals surface area contributed by atoms with Crippen LogP contribution < -0.4 is 9.57 Å². The quantitative estimate of drug-likeness (QED) is 0.515. The Hall–Kier alpha value is -1.89. The van der Waals surface area contributed by atoms with Gasteiger partial charge >= 0.3 is 5.69 Å². The van der Waals surface area contributed by atoms with Gasteiger partial charge in [0.2, 0.25) is 12.0 Å². The summed E-state index contributed by atoms with van der Waals surface area (Å²) in [6, 6.07) is 6.95. The van der Waals surface area contributed by atoms with Crippen molar-refractivity contribution in [2.75, 3.05) is 6.61 Å². The Bertz CT molecular complexity index is 369. The Labute approximate surface area is 82.3 Å². The van der Waals surface area contributed by atoms with Crippen molar-refractivity contribution >= 4 is 5.78 Å². The zero-order valence-corrected chi connectivity index (χ0v) is 7.93. The number of pyridine rings is 1. The number of Topliss-reactive ketones (excluding diaryl/α,β-unsaturated/α-hetero) is 1. The molecule has 14 heavy (non-hydrogen) atoms. The molecule has 0 bridgehead atoms. The van der Waals surface area contributed by atoms with Gasteiger partial charge in [0.25, 0.3) is 0 Å². The Kier molecular flexibility index (Phi) is 3.62. The molecular formula is C10H11N2O2+. The summed E-state index contributed by atoms with van der Waals surface area (Å²) >= 11 is 0. The highest BCUT2D eigenvalue weighted by Crippen LogP contribution is 1.95. The molecule has 0 unspecified atom stereocenters. The summed E-state index contributed by atoms with van der Waals surface area (Å²) in [4.78, 5) is 16.6. The minimum atomic E-state index is -0.235. The third-order valence-corrected chi connectivity index (χ3v) is 1.62. The van der Waals surface area contributed by atoms with Gasteiger partial charge in [0.15, 0.2) is 6.61 Å². The second-order valence-electron chi connectivity index (χ2n) is 2.59. The zero-order valence-electron chi connectivity index (χ0n) is 7.93. The second-order valence-corrected chi connectivity index (χ2v) is 2.59.